The minimum Gasteiger partial charge on any atom is -0.481 e. The van der Waals surface area contributed by atoms with Crippen molar-refractivity contribution in [1.82, 2.24) is 15.6 Å². The van der Waals surface area contributed by atoms with E-state index in [0.29, 0.717) is 11.4 Å². The van der Waals surface area contributed by atoms with Crippen molar-refractivity contribution >= 4 is 17.9 Å². The van der Waals surface area contributed by atoms with Crippen molar-refractivity contribution in [1.29, 1.82) is 0 Å². The lowest BCUT2D eigenvalue weighted by molar-refractivity contribution is -0.140. The van der Waals surface area contributed by atoms with Crippen LogP contribution >= 0.6 is 0 Å². The molecule has 0 bridgehead atoms. The number of pyridine rings is 1. The summed E-state index contributed by atoms with van der Waals surface area (Å²) in [6.45, 7) is 0.145. The molecule has 1 aromatic rings. The average molecular weight is 296 g/mol. The number of rotatable bonds is 7. The number of amides is 3. The molecule has 1 atom stereocenters. The zero-order valence-electron chi connectivity index (χ0n) is 11.3. The lowest BCUT2D eigenvalue weighted by atomic mass is 10.2. The molecule has 9 nitrogen and oxygen atoms in total. The number of nitrogens with zero attached hydrogens (tertiary/aromatic N) is 1. The predicted molar refractivity (Wildman–Crippen MR) is 71.4 cm³/mol. The molecule has 0 unspecified atom stereocenters. The van der Waals surface area contributed by atoms with Gasteiger partial charge >= 0.3 is 12.0 Å². The Morgan fingerprint density at radius 2 is 2.14 bits per heavy atom. The molecule has 1 rings (SSSR count). The maximum atomic E-state index is 11.6. The van der Waals surface area contributed by atoms with Gasteiger partial charge in [0.25, 0.3) is 0 Å². The number of nitrogens with two attached hydrogens (primary N) is 1. The van der Waals surface area contributed by atoms with Crippen molar-refractivity contribution in [2.24, 2.45) is 5.73 Å². The van der Waals surface area contributed by atoms with Crippen LogP contribution in [0.3, 0.4) is 0 Å². The van der Waals surface area contributed by atoms with Gasteiger partial charge in [-0.15, -0.1) is 0 Å². The molecule has 114 valence electrons. The molecule has 3 amide bonds. The first-order chi connectivity index (χ1) is 9.92. The Bertz CT molecular complexity index is 517. The van der Waals surface area contributed by atoms with E-state index in [1.807, 2.05) is 0 Å². The van der Waals surface area contributed by atoms with Crippen LogP contribution in [0.4, 0.5) is 4.79 Å². The van der Waals surface area contributed by atoms with Gasteiger partial charge in [-0.3, -0.25) is 4.79 Å². The summed E-state index contributed by atoms with van der Waals surface area (Å²) in [6, 6.07) is 1.24. The Kier molecular flexibility index (Phi) is 5.93. The molecule has 5 N–H and O–H groups in total. The van der Waals surface area contributed by atoms with Gasteiger partial charge in [-0.2, -0.15) is 0 Å². The number of hydrogen-bond acceptors (Lipinski definition) is 5. The van der Waals surface area contributed by atoms with E-state index in [0.717, 1.165) is 0 Å². The van der Waals surface area contributed by atoms with Crippen LogP contribution in [0.25, 0.3) is 0 Å². The van der Waals surface area contributed by atoms with E-state index in [-0.39, 0.29) is 6.54 Å². The third kappa shape index (κ3) is 5.76. The van der Waals surface area contributed by atoms with Crippen LogP contribution in [0, 0.1) is 0 Å². The van der Waals surface area contributed by atoms with E-state index in [4.69, 9.17) is 15.6 Å². The van der Waals surface area contributed by atoms with E-state index >= 15 is 0 Å². The Balaban J connectivity index is 2.48. The van der Waals surface area contributed by atoms with Crippen LogP contribution in [0.1, 0.15) is 12.0 Å². The highest BCUT2D eigenvalue weighted by molar-refractivity contribution is 5.87. The molecule has 0 spiro atoms. The zero-order chi connectivity index (χ0) is 15.8. The molecule has 0 aromatic carbocycles. The number of urea groups is 1. The molecule has 0 fully saturated rings. The van der Waals surface area contributed by atoms with Gasteiger partial charge in [-0.1, -0.05) is 6.07 Å². The Morgan fingerprint density at radius 1 is 1.43 bits per heavy atom. The number of aromatic nitrogens is 1. The second kappa shape index (κ2) is 7.68. The number of carbonyl (C=O) groups excluding carboxylic acids is 2. The van der Waals surface area contributed by atoms with Gasteiger partial charge in [0, 0.05) is 18.8 Å². The highest BCUT2D eigenvalue weighted by Gasteiger charge is 2.21. The van der Waals surface area contributed by atoms with Crippen LogP contribution in [-0.4, -0.2) is 41.1 Å². The topological polar surface area (TPSA) is 144 Å². The number of carboxylic acid groups (broad SMARTS) is 1. The smallest absolute Gasteiger partial charge is 0.326 e. The highest BCUT2D eigenvalue weighted by Crippen LogP contribution is 2.06. The first kappa shape index (κ1) is 16.2. The molecule has 0 aliphatic rings. The zero-order valence-corrected chi connectivity index (χ0v) is 11.3. The van der Waals surface area contributed by atoms with Crippen molar-refractivity contribution in [3.63, 3.8) is 0 Å². The molecule has 1 heterocycles. The number of primary amides is 1. The third-order valence-corrected chi connectivity index (χ3v) is 2.47. The fraction of sp³-hybridized carbons (Fsp3) is 0.333. The summed E-state index contributed by atoms with van der Waals surface area (Å²) in [6.07, 6.45) is 1.03. The van der Waals surface area contributed by atoms with Crippen LogP contribution in [0.5, 0.6) is 5.88 Å². The quantitative estimate of drug-likeness (QED) is 0.519. The summed E-state index contributed by atoms with van der Waals surface area (Å²) < 4.78 is 4.89. The Labute approximate surface area is 120 Å². The van der Waals surface area contributed by atoms with Gasteiger partial charge in [0.1, 0.15) is 6.04 Å². The van der Waals surface area contributed by atoms with E-state index in [1.165, 1.54) is 13.3 Å². The highest BCUT2D eigenvalue weighted by atomic mass is 16.5. The van der Waals surface area contributed by atoms with Gasteiger partial charge in [0.05, 0.1) is 13.5 Å². The molecular weight excluding hydrogens is 280 g/mol. The Morgan fingerprint density at radius 3 is 2.62 bits per heavy atom. The van der Waals surface area contributed by atoms with Crippen LogP contribution in [0.15, 0.2) is 18.3 Å². The number of hydrogen-bond donors (Lipinski definition) is 4. The Hall–Kier alpha value is -2.84. The average Bonchev–Trinajstić information content (AvgIpc) is 2.44. The lowest BCUT2D eigenvalue weighted by Crippen LogP contribution is -2.47. The number of carboxylic acids is 1. The lowest BCUT2D eigenvalue weighted by Gasteiger charge is -2.13. The normalized spacial score (nSPS) is 11.3. The maximum Gasteiger partial charge on any atom is 0.326 e. The first-order valence-corrected chi connectivity index (χ1v) is 5.96. The molecule has 0 aliphatic carbocycles. The first-order valence-electron chi connectivity index (χ1n) is 5.96. The molecule has 1 aromatic heterocycles. The number of carbonyl (C=O) groups is 3. The van der Waals surface area contributed by atoms with Crippen LogP contribution in [-0.2, 0) is 16.1 Å². The molecular formula is C12H16N4O5. The van der Waals surface area contributed by atoms with E-state index in [2.05, 4.69) is 15.6 Å². The molecule has 21 heavy (non-hydrogen) atoms. The predicted octanol–water partition coefficient (Wildman–Crippen LogP) is -0.782. The molecule has 0 saturated heterocycles. The summed E-state index contributed by atoms with van der Waals surface area (Å²) in [4.78, 5) is 37.1. The minimum absolute atomic E-state index is 0.145. The van der Waals surface area contributed by atoms with Gasteiger partial charge in [0.2, 0.25) is 11.8 Å². The van der Waals surface area contributed by atoms with Gasteiger partial charge in [-0.05, 0) is 5.56 Å². The second-order valence-electron chi connectivity index (χ2n) is 4.10. The monoisotopic (exact) mass is 296 g/mol. The van der Waals surface area contributed by atoms with E-state index in [9.17, 15) is 14.4 Å². The number of nitrogens with one attached hydrogen (secondary N) is 2. The van der Waals surface area contributed by atoms with Crippen molar-refractivity contribution in [2.45, 2.75) is 19.0 Å². The van der Waals surface area contributed by atoms with E-state index < -0.39 is 30.4 Å². The summed E-state index contributed by atoms with van der Waals surface area (Å²) in [5, 5.41) is 13.4. The SMILES string of the molecule is COc1ccc(CNC(=O)N[C@@H](CC(N)=O)C(=O)O)cn1. The van der Waals surface area contributed by atoms with Gasteiger partial charge < -0.3 is 26.2 Å². The van der Waals surface area contributed by atoms with Crippen LogP contribution < -0.4 is 21.1 Å². The summed E-state index contributed by atoms with van der Waals surface area (Å²) in [5.41, 5.74) is 5.61. The number of aliphatic carboxylic acids is 1. The van der Waals surface area contributed by atoms with Gasteiger partial charge in [-0.25, -0.2) is 14.6 Å². The number of methoxy groups -OCH3 is 1. The molecule has 0 radical (unpaired) electrons. The molecule has 9 heteroatoms. The minimum atomic E-state index is -1.36. The molecule has 0 aliphatic heterocycles. The largest absolute Gasteiger partial charge is 0.481 e. The van der Waals surface area contributed by atoms with Crippen molar-refractivity contribution < 1.29 is 24.2 Å². The molecule has 0 saturated carbocycles. The van der Waals surface area contributed by atoms with Crippen molar-refractivity contribution in [3.8, 4) is 5.88 Å². The van der Waals surface area contributed by atoms with Gasteiger partial charge in [0.15, 0.2) is 0 Å². The summed E-state index contributed by atoms with van der Waals surface area (Å²) >= 11 is 0. The third-order valence-electron chi connectivity index (χ3n) is 2.47. The second-order valence-corrected chi connectivity index (χ2v) is 4.10. The van der Waals surface area contributed by atoms with Crippen molar-refractivity contribution in [3.05, 3.63) is 23.9 Å². The fourth-order valence-electron chi connectivity index (χ4n) is 1.43. The van der Waals surface area contributed by atoms with E-state index in [1.54, 1.807) is 12.1 Å². The van der Waals surface area contributed by atoms with Crippen molar-refractivity contribution in [2.75, 3.05) is 7.11 Å². The fourth-order valence-corrected chi connectivity index (χ4v) is 1.43. The summed E-state index contributed by atoms with van der Waals surface area (Å²) in [5.74, 6) is -1.72. The number of ether oxygens (including phenoxy) is 1. The maximum absolute atomic E-state index is 11.6. The van der Waals surface area contributed by atoms with Crippen LogP contribution in [0.2, 0.25) is 0 Å². The summed E-state index contributed by atoms with van der Waals surface area (Å²) in [7, 11) is 1.48. The standard InChI is InChI=1S/C12H16N4O5/c1-21-10-3-2-7(5-14-10)6-15-12(20)16-8(11(18)19)4-9(13)17/h2-3,5,8H,4,6H2,1H3,(H2,13,17)(H,18,19)(H2,15,16,20)/t8-/m0/s1.